The van der Waals surface area contributed by atoms with Crippen molar-refractivity contribution in [2.24, 2.45) is 0 Å². The zero-order chi connectivity index (χ0) is 14.0. The number of nitrogens with one attached hydrogen (secondary N) is 1. The summed E-state index contributed by atoms with van der Waals surface area (Å²) in [6.45, 7) is 2.84. The molecule has 1 nitrogen and oxygen atoms in total. The van der Waals surface area contributed by atoms with E-state index in [1.807, 2.05) is 6.92 Å². The molecule has 19 heavy (non-hydrogen) atoms. The Kier molecular flexibility index (Phi) is 5.43. The van der Waals surface area contributed by atoms with E-state index in [0.29, 0.717) is 0 Å². The van der Waals surface area contributed by atoms with E-state index in [0.717, 1.165) is 25.2 Å². The fraction of sp³-hybridized carbons (Fsp3) is 0.231. The molecule has 2 rings (SSSR count). The topological polar surface area (TPSA) is 12.0 Å². The highest BCUT2D eigenvalue weighted by Crippen LogP contribution is 2.38. The van der Waals surface area contributed by atoms with E-state index < -0.39 is 5.82 Å². The third-order valence-electron chi connectivity index (χ3n) is 2.68. The Morgan fingerprint density at radius 1 is 1.37 bits per heavy atom. The van der Waals surface area contributed by atoms with Gasteiger partial charge in [-0.25, -0.2) is 4.39 Å². The first-order valence-corrected chi connectivity index (χ1v) is 8.44. The highest BCUT2D eigenvalue weighted by atomic mass is 79.9. The molecule has 0 saturated carbocycles. The molecule has 1 unspecified atom stereocenters. The normalized spacial score (nSPS) is 12.7. The molecule has 1 aromatic heterocycles. The largest absolute Gasteiger partial charge is 0.306 e. The van der Waals surface area contributed by atoms with Crippen LogP contribution in [0.25, 0.3) is 0 Å². The van der Waals surface area contributed by atoms with Gasteiger partial charge in [-0.1, -0.05) is 24.6 Å². The molecule has 0 spiro atoms. The van der Waals surface area contributed by atoms with E-state index in [1.54, 1.807) is 23.5 Å². The first kappa shape index (κ1) is 15.4. The van der Waals surface area contributed by atoms with Crippen molar-refractivity contribution in [3.63, 3.8) is 0 Å². The van der Waals surface area contributed by atoms with Crippen LogP contribution in [0.5, 0.6) is 0 Å². The van der Waals surface area contributed by atoms with Crippen LogP contribution in [-0.2, 0) is 0 Å². The van der Waals surface area contributed by atoms with Gasteiger partial charge in [0, 0.05) is 0 Å². The SMILES string of the molecule is CCNC(c1ccc(F)c(Cl)c1)c1cc(Br)sc1Br. The highest BCUT2D eigenvalue weighted by Gasteiger charge is 2.19. The summed E-state index contributed by atoms with van der Waals surface area (Å²) >= 11 is 14.5. The first-order valence-electron chi connectivity index (χ1n) is 5.66. The van der Waals surface area contributed by atoms with Crippen LogP contribution < -0.4 is 5.32 Å². The second kappa shape index (κ2) is 6.68. The van der Waals surface area contributed by atoms with Gasteiger partial charge in [0.15, 0.2) is 0 Å². The molecule has 6 heteroatoms. The number of thiophene rings is 1. The zero-order valence-corrected chi connectivity index (χ0v) is 14.8. The molecule has 0 radical (unpaired) electrons. The van der Waals surface area contributed by atoms with E-state index in [-0.39, 0.29) is 11.1 Å². The van der Waals surface area contributed by atoms with Crippen LogP contribution in [0.4, 0.5) is 4.39 Å². The molecule has 0 amide bonds. The van der Waals surface area contributed by atoms with Gasteiger partial charge in [0.25, 0.3) is 0 Å². The molecule has 1 aromatic carbocycles. The predicted molar refractivity (Wildman–Crippen MR) is 86.6 cm³/mol. The van der Waals surface area contributed by atoms with E-state index in [2.05, 4.69) is 43.2 Å². The van der Waals surface area contributed by atoms with Crippen LogP contribution in [0.1, 0.15) is 24.1 Å². The third kappa shape index (κ3) is 3.58. The van der Waals surface area contributed by atoms with Crippen LogP contribution in [0, 0.1) is 5.82 Å². The molecular weight excluding hydrogens is 416 g/mol. The van der Waals surface area contributed by atoms with Gasteiger partial charge >= 0.3 is 0 Å². The van der Waals surface area contributed by atoms with Gasteiger partial charge in [0.05, 0.1) is 18.6 Å². The van der Waals surface area contributed by atoms with Gasteiger partial charge in [-0.15, -0.1) is 11.3 Å². The Labute approximate surface area is 137 Å². The molecule has 0 aliphatic heterocycles. The van der Waals surface area contributed by atoms with Crippen molar-refractivity contribution in [3.8, 4) is 0 Å². The minimum absolute atomic E-state index is 0.0139. The van der Waals surface area contributed by atoms with Crippen molar-refractivity contribution in [3.05, 3.63) is 53.8 Å². The lowest BCUT2D eigenvalue weighted by atomic mass is 10.0. The second-order valence-corrected chi connectivity index (χ2v) is 8.10. The maximum absolute atomic E-state index is 13.3. The lowest BCUT2D eigenvalue weighted by molar-refractivity contribution is 0.614. The summed E-state index contributed by atoms with van der Waals surface area (Å²) in [6, 6.07) is 6.87. The average molecular weight is 428 g/mol. The summed E-state index contributed by atoms with van der Waals surface area (Å²) in [7, 11) is 0. The summed E-state index contributed by atoms with van der Waals surface area (Å²) < 4.78 is 15.4. The lowest BCUT2D eigenvalue weighted by Gasteiger charge is -2.18. The standard InChI is InChI=1S/C13H11Br2ClFNS/c1-2-18-12(8-6-11(14)19-13(8)15)7-3-4-10(17)9(16)5-7/h3-6,12,18H,2H2,1H3. The molecule has 102 valence electrons. The van der Waals surface area contributed by atoms with Crippen LogP contribution in [0.2, 0.25) is 5.02 Å². The highest BCUT2D eigenvalue weighted by molar-refractivity contribution is 9.12. The Hall–Kier alpha value is 0.0600. The molecular formula is C13H11Br2ClFNS. The molecule has 1 heterocycles. The van der Waals surface area contributed by atoms with Crippen LogP contribution >= 0.6 is 54.8 Å². The third-order valence-corrected chi connectivity index (χ3v) is 5.35. The Morgan fingerprint density at radius 3 is 2.63 bits per heavy atom. The molecule has 2 aromatic rings. The Bertz CT molecular complexity index is 588. The smallest absolute Gasteiger partial charge is 0.141 e. The quantitative estimate of drug-likeness (QED) is 0.654. The van der Waals surface area contributed by atoms with Crippen molar-refractivity contribution >= 4 is 54.8 Å². The number of hydrogen-bond donors (Lipinski definition) is 1. The number of hydrogen-bond acceptors (Lipinski definition) is 2. The van der Waals surface area contributed by atoms with Crippen molar-refractivity contribution < 1.29 is 4.39 Å². The zero-order valence-electron chi connectivity index (χ0n) is 10.0. The van der Waals surface area contributed by atoms with Crippen LogP contribution in [-0.4, -0.2) is 6.54 Å². The first-order chi connectivity index (χ1) is 9.02. The second-order valence-electron chi connectivity index (χ2n) is 3.94. The minimum atomic E-state index is -0.397. The monoisotopic (exact) mass is 425 g/mol. The summed E-state index contributed by atoms with van der Waals surface area (Å²) in [6.07, 6.45) is 0. The molecule has 0 aliphatic rings. The Balaban J connectivity index is 2.44. The lowest BCUT2D eigenvalue weighted by Crippen LogP contribution is -2.21. The number of benzene rings is 1. The van der Waals surface area contributed by atoms with Crippen LogP contribution in [0.3, 0.4) is 0 Å². The molecule has 1 N–H and O–H groups in total. The van der Waals surface area contributed by atoms with E-state index >= 15 is 0 Å². The fourth-order valence-electron chi connectivity index (χ4n) is 1.85. The molecule has 0 bridgehead atoms. The van der Waals surface area contributed by atoms with Gasteiger partial charge in [0.1, 0.15) is 5.82 Å². The summed E-state index contributed by atoms with van der Waals surface area (Å²) in [5, 5.41) is 3.54. The molecule has 0 fully saturated rings. The predicted octanol–water partition coefficient (Wildman–Crippen LogP) is 5.76. The van der Waals surface area contributed by atoms with Crippen molar-refractivity contribution in [2.45, 2.75) is 13.0 Å². The van der Waals surface area contributed by atoms with Gasteiger partial charge in [0.2, 0.25) is 0 Å². The summed E-state index contributed by atoms with van der Waals surface area (Å²) in [5.74, 6) is -0.397. The summed E-state index contributed by atoms with van der Waals surface area (Å²) in [4.78, 5) is 0. The maximum atomic E-state index is 13.3. The van der Waals surface area contributed by atoms with E-state index in [1.165, 1.54) is 6.07 Å². The van der Waals surface area contributed by atoms with Gasteiger partial charge in [-0.05, 0) is 67.7 Å². The number of rotatable bonds is 4. The van der Waals surface area contributed by atoms with Crippen molar-refractivity contribution in [2.75, 3.05) is 6.54 Å². The molecule has 0 aliphatic carbocycles. The van der Waals surface area contributed by atoms with E-state index in [4.69, 9.17) is 11.6 Å². The molecule has 0 saturated heterocycles. The minimum Gasteiger partial charge on any atom is -0.306 e. The number of halogens is 4. The van der Waals surface area contributed by atoms with E-state index in [9.17, 15) is 4.39 Å². The fourth-order valence-corrected chi connectivity index (χ4v) is 4.94. The van der Waals surface area contributed by atoms with Crippen molar-refractivity contribution in [1.29, 1.82) is 0 Å². The average Bonchev–Trinajstić information content (AvgIpc) is 2.69. The van der Waals surface area contributed by atoms with Crippen LogP contribution in [0.15, 0.2) is 31.8 Å². The summed E-state index contributed by atoms with van der Waals surface area (Å²) in [5.41, 5.74) is 2.06. The van der Waals surface area contributed by atoms with Crippen molar-refractivity contribution in [1.82, 2.24) is 5.32 Å². The maximum Gasteiger partial charge on any atom is 0.141 e. The van der Waals surface area contributed by atoms with Gasteiger partial charge in [-0.2, -0.15) is 0 Å². The van der Waals surface area contributed by atoms with Gasteiger partial charge in [-0.3, -0.25) is 0 Å². The molecule has 1 atom stereocenters. The van der Waals surface area contributed by atoms with Gasteiger partial charge < -0.3 is 5.32 Å². The Morgan fingerprint density at radius 2 is 2.11 bits per heavy atom.